The summed E-state index contributed by atoms with van der Waals surface area (Å²) in [6.45, 7) is 3.93. The fraction of sp³-hybridized carbons (Fsp3) is 0.238. The number of nitrogens with one attached hydrogen (secondary N) is 1. The number of esters is 1. The third-order valence-electron chi connectivity index (χ3n) is 4.33. The number of methoxy groups -OCH3 is 1. The van der Waals surface area contributed by atoms with Gasteiger partial charge in [0, 0.05) is 0 Å². The van der Waals surface area contributed by atoms with Crippen LogP contribution >= 0.6 is 0 Å². The van der Waals surface area contributed by atoms with Gasteiger partial charge in [-0.3, -0.25) is 4.79 Å². The van der Waals surface area contributed by atoms with E-state index in [4.69, 9.17) is 15.2 Å². The van der Waals surface area contributed by atoms with E-state index in [9.17, 15) is 4.79 Å². The average Bonchev–Trinajstić information content (AvgIpc) is 2.69. The molecule has 3 rings (SSSR count). The number of hydrogen-bond acceptors (Lipinski definition) is 8. The van der Waals surface area contributed by atoms with Crippen molar-refractivity contribution in [3.8, 4) is 5.75 Å². The van der Waals surface area contributed by atoms with E-state index in [1.165, 1.54) is 5.56 Å². The molecule has 8 nitrogen and oxygen atoms in total. The zero-order valence-electron chi connectivity index (χ0n) is 16.6. The average molecular weight is 393 g/mol. The molecule has 150 valence electrons. The summed E-state index contributed by atoms with van der Waals surface area (Å²) in [6.07, 6.45) is 0.175. The molecule has 0 aliphatic carbocycles. The van der Waals surface area contributed by atoms with Crippen molar-refractivity contribution in [2.45, 2.75) is 26.9 Å². The van der Waals surface area contributed by atoms with Gasteiger partial charge in [0.2, 0.25) is 11.9 Å². The maximum absolute atomic E-state index is 12.2. The molecule has 0 saturated heterocycles. The topological polar surface area (TPSA) is 112 Å². The second-order valence-corrected chi connectivity index (χ2v) is 6.51. The van der Waals surface area contributed by atoms with Gasteiger partial charge in [-0.25, -0.2) is 0 Å². The lowest BCUT2D eigenvalue weighted by Crippen LogP contribution is -2.12. The standard InChI is InChI=1S/C21H23N5O3/c1-13-8-9-15(10-14(13)2)11-19(27)29-12-18-24-20(22)26-21(25-18)23-16-6-4-5-7-17(16)28-3/h4-10H,11-12H2,1-3H3,(H3,22,23,24,25,26). The smallest absolute Gasteiger partial charge is 0.310 e. The molecule has 3 N–H and O–H groups in total. The molecule has 0 atom stereocenters. The van der Waals surface area contributed by atoms with Crippen LogP contribution in [0.2, 0.25) is 0 Å². The van der Waals surface area contributed by atoms with Crippen molar-refractivity contribution in [2.24, 2.45) is 0 Å². The predicted octanol–water partition coefficient (Wildman–Crippen LogP) is 3.11. The largest absolute Gasteiger partial charge is 0.495 e. The summed E-state index contributed by atoms with van der Waals surface area (Å²) in [7, 11) is 1.57. The maximum Gasteiger partial charge on any atom is 0.310 e. The molecular weight excluding hydrogens is 370 g/mol. The normalized spacial score (nSPS) is 10.4. The second-order valence-electron chi connectivity index (χ2n) is 6.51. The number of nitrogens with two attached hydrogens (primary N) is 1. The Balaban J connectivity index is 1.65. The molecule has 0 bridgehead atoms. The summed E-state index contributed by atoms with van der Waals surface area (Å²) >= 11 is 0. The van der Waals surface area contributed by atoms with Gasteiger partial charge < -0.3 is 20.5 Å². The second kappa shape index (κ2) is 9.01. The zero-order valence-corrected chi connectivity index (χ0v) is 16.6. The van der Waals surface area contributed by atoms with E-state index in [0.717, 1.165) is 11.1 Å². The van der Waals surface area contributed by atoms with Crippen molar-refractivity contribution in [3.63, 3.8) is 0 Å². The van der Waals surface area contributed by atoms with E-state index in [-0.39, 0.29) is 36.7 Å². The molecule has 0 aliphatic rings. The van der Waals surface area contributed by atoms with Crippen LogP contribution in [0, 0.1) is 13.8 Å². The van der Waals surface area contributed by atoms with Crippen LogP contribution in [0.3, 0.4) is 0 Å². The van der Waals surface area contributed by atoms with Gasteiger partial charge in [0.05, 0.1) is 19.2 Å². The van der Waals surface area contributed by atoms with Crippen LogP contribution in [0.15, 0.2) is 42.5 Å². The van der Waals surface area contributed by atoms with E-state index in [1.807, 2.05) is 56.3 Å². The Hall–Kier alpha value is -3.68. The molecule has 8 heteroatoms. The highest BCUT2D eigenvalue weighted by Gasteiger charge is 2.11. The molecule has 0 saturated carbocycles. The first-order valence-electron chi connectivity index (χ1n) is 9.07. The summed E-state index contributed by atoms with van der Waals surface area (Å²) in [5, 5.41) is 3.04. The number of benzene rings is 2. The van der Waals surface area contributed by atoms with Crippen molar-refractivity contribution in [1.29, 1.82) is 0 Å². The van der Waals surface area contributed by atoms with Gasteiger partial charge in [0.15, 0.2) is 12.4 Å². The number of anilines is 3. The first-order chi connectivity index (χ1) is 13.9. The van der Waals surface area contributed by atoms with Crippen LogP contribution < -0.4 is 15.8 Å². The Labute approximate surface area is 169 Å². The summed E-state index contributed by atoms with van der Waals surface area (Å²) in [5.74, 6) is 0.780. The summed E-state index contributed by atoms with van der Waals surface area (Å²) < 4.78 is 10.6. The lowest BCUT2D eigenvalue weighted by atomic mass is 10.0. The number of aromatic nitrogens is 3. The summed E-state index contributed by atoms with van der Waals surface area (Å²) in [5.41, 5.74) is 9.66. The van der Waals surface area contributed by atoms with Crippen LogP contribution in [0.5, 0.6) is 5.75 Å². The molecule has 3 aromatic rings. The van der Waals surface area contributed by atoms with Gasteiger partial charge >= 0.3 is 5.97 Å². The van der Waals surface area contributed by atoms with Crippen molar-refractivity contribution in [2.75, 3.05) is 18.2 Å². The van der Waals surface area contributed by atoms with E-state index in [2.05, 4.69) is 20.3 Å². The van der Waals surface area contributed by atoms with Gasteiger partial charge in [-0.05, 0) is 42.7 Å². The Morgan fingerprint density at radius 3 is 2.62 bits per heavy atom. The van der Waals surface area contributed by atoms with Crippen molar-refractivity contribution in [3.05, 3.63) is 65.0 Å². The number of nitrogens with zero attached hydrogens (tertiary/aromatic N) is 3. The van der Waals surface area contributed by atoms with Crippen LogP contribution in [-0.2, 0) is 22.6 Å². The number of para-hydroxylation sites is 2. The lowest BCUT2D eigenvalue weighted by Gasteiger charge is -2.11. The van der Waals surface area contributed by atoms with Gasteiger partial charge in [-0.2, -0.15) is 15.0 Å². The Bertz CT molecular complexity index is 1020. The van der Waals surface area contributed by atoms with Gasteiger partial charge in [-0.1, -0.05) is 30.3 Å². The van der Waals surface area contributed by atoms with Gasteiger partial charge in [-0.15, -0.1) is 0 Å². The molecule has 0 spiro atoms. The first kappa shape index (κ1) is 20.1. The first-order valence-corrected chi connectivity index (χ1v) is 9.07. The van der Waals surface area contributed by atoms with Crippen molar-refractivity contribution >= 4 is 23.6 Å². The monoisotopic (exact) mass is 393 g/mol. The molecule has 0 unspecified atom stereocenters. The fourth-order valence-corrected chi connectivity index (χ4v) is 2.70. The number of hydrogen-bond donors (Lipinski definition) is 2. The number of aryl methyl sites for hydroxylation is 2. The highest BCUT2D eigenvalue weighted by molar-refractivity contribution is 5.72. The van der Waals surface area contributed by atoms with Crippen molar-refractivity contribution < 1.29 is 14.3 Å². The third-order valence-corrected chi connectivity index (χ3v) is 4.33. The molecule has 2 aromatic carbocycles. The summed E-state index contributed by atoms with van der Waals surface area (Å²) in [6, 6.07) is 13.2. The number of carbonyl (C=O) groups excluding carboxylic acids is 1. The van der Waals surface area contributed by atoms with E-state index in [0.29, 0.717) is 11.4 Å². The highest BCUT2D eigenvalue weighted by Crippen LogP contribution is 2.25. The van der Waals surface area contributed by atoms with Crippen LogP contribution in [0.1, 0.15) is 22.5 Å². The Morgan fingerprint density at radius 2 is 1.86 bits per heavy atom. The minimum Gasteiger partial charge on any atom is -0.495 e. The van der Waals surface area contributed by atoms with Crippen LogP contribution in [0.4, 0.5) is 17.6 Å². The maximum atomic E-state index is 12.2. The van der Waals surface area contributed by atoms with Crippen molar-refractivity contribution in [1.82, 2.24) is 15.0 Å². The van der Waals surface area contributed by atoms with Crippen LogP contribution in [0.25, 0.3) is 0 Å². The Kier molecular flexibility index (Phi) is 6.23. The van der Waals surface area contributed by atoms with Gasteiger partial charge in [0.1, 0.15) is 5.75 Å². The molecule has 0 aliphatic heterocycles. The molecule has 0 fully saturated rings. The molecule has 0 amide bonds. The SMILES string of the molecule is COc1ccccc1Nc1nc(N)nc(COC(=O)Cc2ccc(C)c(C)c2)n1. The summed E-state index contributed by atoms with van der Waals surface area (Å²) in [4.78, 5) is 24.5. The third kappa shape index (κ3) is 5.41. The van der Waals surface area contributed by atoms with E-state index in [1.54, 1.807) is 7.11 Å². The van der Waals surface area contributed by atoms with E-state index >= 15 is 0 Å². The minimum absolute atomic E-state index is 0.0256. The zero-order chi connectivity index (χ0) is 20.8. The molecule has 1 heterocycles. The lowest BCUT2D eigenvalue weighted by molar-refractivity contribution is -0.144. The minimum atomic E-state index is -0.369. The predicted molar refractivity (Wildman–Crippen MR) is 110 cm³/mol. The quantitative estimate of drug-likeness (QED) is 0.589. The van der Waals surface area contributed by atoms with Gasteiger partial charge in [0.25, 0.3) is 0 Å². The molecule has 29 heavy (non-hydrogen) atoms. The number of carbonyl (C=O) groups is 1. The van der Waals surface area contributed by atoms with E-state index < -0.39 is 0 Å². The fourth-order valence-electron chi connectivity index (χ4n) is 2.70. The number of ether oxygens (including phenoxy) is 2. The Morgan fingerprint density at radius 1 is 1.07 bits per heavy atom. The molecule has 0 radical (unpaired) electrons. The molecular formula is C21H23N5O3. The number of rotatable bonds is 7. The number of nitrogen functional groups attached to an aromatic ring is 1. The molecule has 1 aromatic heterocycles. The highest BCUT2D eigenvalue weighted by atomic mass is 16.5. The van der Waals surface area contributed by atoms with Crippen LogP contribution in [-0.4, -0.2) is 28.0 Å².